The second kappa shape index (κ2) is 17.6. The van der Waals surface area contributed by atoms with Crippen molar-refractivity contribution in [2.75, 3.05) is 43.5 Å². The zero-order valence-corrected chi connectivity index (χ0v) is 34.6. The Balaban J connectivity index is 1.28. The maximum absolute atomic E-state index is 14.9. The van der Waals surface area contributed by atoms with Crippen molar-refractivity contribution in [2.24, 2.45) is 0 Å². The molecule has 5 aromatic rings. The van der Waals surface area contributed by atoms with Crippen molar-refractivity contribution in [1.82, 2.24) is 20.1 Å². The zero-order valence-electron chi connectivity index (χ0n) is 32.4. The zero-order chi connectivity index (χ0) is 40.2. The van der Waals surface area contributed by atoms with E-state index in [1.54, 1.807) is 19.4 Å². The minimum absolute atomic E-state index is 0.0235. The van der Waals surface area contributed by atoms with Crippen LogP contribution in [-0.4, -0.2) is 66.1 Å². The number of carbonyl (C=O) groups excluding carboxylic acids is 2. The number of amides is 3. The average Bonchev–Trinajstić information content (AvgIpc) is 3.89. The predicted octanol–water partition coefficient (Wildman–Crippen LogP) is 11.3. The summed E-state index contributed by atoms with van der Waals surface area (Å²) in [6.07, 6.45) is 5.45. The summed E-state index contributed by atoms with van der Waals surface area (Å²) in [5.41, 5.74) is 6.68. The number of carbonyl (C=O) groups is 2. The van der Waals surface area contributed by atoms with Crippen LogP contribution in [0.25, 0.3) is 22.2 Å². The molecule has 3 heterocycles. The first-order valence-electron chi connectivity index (χ1n) is 19.3. The van der Waals surface area contributed by atoms with E-state index in [1.807, 2.05) is 97.6 Å². The molecule has 2 aliphatic rings. The van der Waals surface area contributed by atoms with Gasteiger partial charge in [-0.2, -0.15) is 0 Å². The maximum Gasteiger partial charge on any atom is 0.317 e. The smallest absolute Gasteiger partial charge is 0.317 e. The summed E-state index contributed by atoms with van der Waals surface area (Å²) in [7, 11) is 1.61. The van der Waals surface area contributed by atoms with Crippen LogP contribution in [0.1, 0.15) is 72.8 Å². The Morgan fingerprint density at radius 3 is 2.32 bits per heavy atom. The van der Waals surface area contributed by atoms with Crippen molar-refractivity contribution in [3.05, 3.63) is 135 Å². The molecule has 0 aliphatic carbocycles. The summed E-state index contributed by atoms with van der Waals surface area (Å²) in [4.78, 5) is 37.4. The first-order valence-corrected chi connectivity index (χ1v) is 20.4. The Labute approximate surface area is 349 Å². The fourth-order valence-corrected chi connectivity index (χ4v) is 8.75. The first kappa shape index (κ1) is 40.1. The van der Waals surface area contributed by atoms with Crippen LogP contribution in [0.2, 0.25) is 15.1 Å². The van der Waals surface area contributed by atoms with E-state index in [9.17, 15) is 9.59 Å². The third kappa shape index (κ3) is 8.61. The average molecular weight is 826 g/mol. The number of H-pyrrole nitrogens is 1. The van der Waals surface area contributed by atoms with E-state index in [0.29, 0.717) is 56.4 Å². The lowest BCUT2D eigenvalue weighted by molar-refractivity contribution is 0.102. The quantitative estimate of drug-likeness (QED) is 0.123. The van der Waals surface area contributed by atoms with Crippen LogP contribution in [0.5, 0.6) is 5.75 Å². The first-order chi connectivity index (χ1) is 27.6. The monoisotopic (exact) mass is 824 g/mol. The predicted molar refractivity (Wildman–Crippen MR) is 235 cm³/mol. The van der Waals surface area contributed by atoms with Gasteiger partial charge < -0.3 is 35.1 Å². The number of fused-ring (bicyclic) bond motifs is 1. The molecule has 2 fully saturated rings. The summed E-state index contributed by atoms with van der Waals surface area (Å²) < 4.78 is 5.64. The molecule has 1 aromatic heterocycles. The van der Waals surface area contributed by atoms with Gasteiger partial charge in [0, 0.05) is 69.8 Å². The topological polar surface area (TPSA) is 92.9 Å². The van der Waals surface area contributed by atoms with Crippen LogP contribution in [0, 0.1) is 0 Å². The molecule has 0 spiro atoms. The molecule has 4 aromatic carbocycles. The van der Waals surface area contributed by atoms with Crippen LogP contribution in [-0.2, 0) is 0 Å². The largest absolute Gasteiger partial charge is 0.497 e. The molecule has 2 aliphatic heterocycles. The SMILES string of the molecule is C=CN(/C(=C(\C)c1ccccc1)c1c(C(=O)Nc2cc(OC)ccc2N2CCC(NC(=O)N3CCCC3)CC2)[nH]c2cc(Cl)ccc12)C(C)c1ccc(Cl)cc1Cl. The number of hydrogen-bond donors (Lipinski definition) is 3. The highest BCUT2D eigenvalue weighted by atomic mass is 35.5. The molecule has 1 atom stereocenters. The summed E-state index contributed by atoms with van der Waals surface area (Å²) in [6.45, 7) is 11.4. The Hall–Kier alpha value is -5.09. The maximum atomic E-state index is 14.9. The minimum atomic E-state index is -0.348. The van der Waals surface area contributed by atoms with Crippen LogP contribution in [0.15, 0.2) is 97.7 Å². The van der Waals surface area contributed by atoms with Gasteiger partial charge in [-0.3, -0.25) is 4.79 Å². The number of anilines is 2. The van der Waals surface area contributed by atoms with E-state index in [4.69, 9.17) is 39.5 Å². The number of urea groups is 1. The Morgan fingerprint density at radius 2 is 1.63 bits per heavy atom. The van der Waals surface area contributed by atoms with Gasteiger partial charge in [0.05, 0.1) is 30.2 Å². The number of piperidine rings is 1. The Bertz CT molecular complexity index is 2310. The standard InChI is InChI=1S/C45H47Cl3N6O3/c1-5-54(29(3)35-16-13-31(46)25-37(35)48)43(28(2)30-11-7-6-8-12-30)41-36-17-14-32(47)26-38(36)50-42(41)44(55)51-39-27-34(57-4)15-18-40(39)52-23-19-33(20-24-52)49-45(56)53-21-9-10-22-53/h5-8,11-18,25-27,29,33,50H,1,9-10,19-24H2,2-4H3,(H,49,56)(H,51,55)/b43-28+. The fraction of sp³-hybridized carbons (Fsp3) is 0.289. The molecule has 3 amide bonds. The van der Waals surface area contributed by atoms with Gasteiger partial charge in [0.15, 0.2) is 0 Å². The molecule has 57 heavy (non-hydrogen) atoms. The number of aromatic nitrogens is 1. The van der Waals surface area contributed by atoms with Crippen molar-refractivity contribution in [3.63, 3.8) is 0 Å². The molecule has 0 bridgehead atoms. The second-order valence-corrected chi connectivity index (χ2v) is 15.9. The van der Waals surface area contributed by atoms with Gasteiger partial charge in [0.2, 0.25) is 0 Å². The van der Waals surface area contributed by atoms with Crippen molar-refractivity contribution >= 4 is 80.3 Å². The molecular formula is C45H47Cl3N6O3. The number of aromatic amines is 1. The lowest BCUT2D eigenvalue weighted by atomic mass is 9.95. The van der Waals surface area contributed by atoms with Gasteiger partial charge in [-0.1, -0.05) is 83.8 Å². The molecule has 7 rings (SSSR count). The summed E-state index contributed by atoms with van der Waals surface area (Å²) in [5.74, 6) is 0.261. The molecule has 0 radical (unpaired) electrons. The van der Waals surface area contributed by atoms with Gasteiger partial charge in [-0.15, -0.1) is 0 Å². The van der Waals surface area contributed by atoms with Crippen LogP contribution in [0.4, 0.5) is 16.2 Å². The van der Waals surface area contributed by atoms with Crippen LogP contribution in [0.3, 0.4) is 0 Å². The highest BCUT2D eigenvalue weighted by Gasteiger charge is 2.31. The molecular weight excluding hydrogens is 779 g/mol. The van der Waals surface area contributed by atoms with Gasteiger partial charge >= 0.3 is 6.03 Å². The van der Waals surface area contributed by atoms with Crippen molar-refractivity contribution in [3.8, 4) is 5.75 Å². The molecule has 0 saturated carbocycles. The third-order valence-corrected chi connectivity index (χ3v) is 11.9. The number of allylic oxidation sites excluding steroid dienone is 1. The highest BCUT2D eigenvalue weighted by molar-refractivity contribution is 6.35. The summed E-state index contributed by atoms with van der Waals surface area (Å²) >= 11 is 19.7. The second-order valence-electron chi connectivity index (χ2n) is 14.6. The number of benzene rings is 4. The lowest BCUT2D eigenvalue weighted by Gasteiger charge is -2.35. The molecule has 9 nitrogen and oxygen atoms in total. The number of nitrogens with one attached hydrogen (secondary N) is 3. The normalized spacial score (nSPS) is 15.6. The number of methoxy groups -OCH3 is 1. The number of halogens is 3. The number of likely N-dealkylation sites (tertiary alicyclic amines) is 1. The van der Waals surface area contributed by atoms with E-state index in [-0.39, 0.29) is 24.0 Å². The number of nitrogens with zero attached hydrogens (tertiary/aromatic N) is 3. The molecule has 3 N–H and O–H groups in total. The van der Waals surface area contributed by atoms with Gasteiger partial charge in [-0.05, 0) is 98.8 Å². The fourth-order valence-electron chi connectivity index (χ4n) is 8.01. The molecule has 1 unspecified atom stereocenters. The molecule has 296 valence electrons. The van der Waals surface area contributed by atoms with Crippen molar-refractivity contribution < 1.29 is 14.3 Å². The van der Waals surface area contributed by atoms with E-state index in [2.05, 4.69) is 32.0 Å². The summed E-state index contributed by atoms with van der Waals surface area (Å²) in [5, 5.41) is 8.89. The highest BCUT2D eigenvalue weighted by Crippen LogP contribution is 2.43. The van der Waals surface area contributed by atoms with E-state index < -0.39 is 0 Å². The van der Waals surface area contributed by atoms with Crippen molar-refractivity contribution in [2.45, 2.75) is 51.6 Å². The van der Waals surface area contributed by atoms with Crippen molar-refractivity contribution in [1.29, 1.82) is 0 Å². The van der Waals surface area contributed by atoms with E-state index >= 15 is 0 Å². The van der Waals surface area contributed by atoms with Crippen LogP contribution >= 0.6 is 34.8 Å². The lowest BCUT2D eigenvalue weighted by Crippen LogP contribution is -2.48. The third-order valence-electron chi connectivity index (χ3n) is 11.1. The number of rotatable bonds is 11. The molecule has 12 heteroatoms. The minimum Gasteiger partial charge on any atom is -0.497 e. The Morgan fingerprint density at radius 1 is 0.930 bits per heavy atom. The molecule has 2 saturated heterocycles. The van der Waals surface area contributed by atoms with Gasteiger partial charge in [0.25, 0.3) is 5.91 Å². The number of ether oxygens (including phenoxy) is 1. The Kier molecular flexibility index (Phi) is 12.4. The summed E-state index contributed by atoms with van der Waals surface area (Å²) in [6, 6.07) is 26.6. The number of hydrogen-bond acceptors (Lipinski definition) is 5. The van der Waals surface area contributed by atoms with Gasteiger partial charge in [0.1, 0.15) is 11.4 Å². The van der Waals surface area contributed by atoms with Gasteiger partial charge in [-0.25, -0.2) is 4.79 Å². The van der Waals surface area contributed by atoms with Crippen LogP contribution < -0.4 is 20.3 Å². The van der Waals surface area contributed by atoms with E-state index in [0.717, 1.165) is 72.2 Å². The van der Waals surface area contributed by atoms with E-state index in [1.165, 1.54) is 0 Å².